The maximum Gasteiger partial charge on any atom is 0.207 e. The average Bonchev–Trinajstić information content (AvgIpc) is 2.00. The minimum Gasteiger partial charge on any atom is -0.356 e. The van der Waals surface area contributed by atoms with Gasteiger partial charge in [0.05, 0.1) is 0 Å². The summed E-state index contributed by atoms with van der Waals surface area (Å²) in [6, 6.07) is 0.368. The van der Waals surface area contributed by atoms with Crippen LogP contribution in [0.3, 0.4) is 0 Å². The quantitative estimate of drug-likeness (QED) is 0.587. The van der Waals surface area contributed by atoms with Crippen molar-refractivity contribution in [3.8, 4) is 0 Å². The average molecular weight is 157 g/mol. The molecule has 0 aromatic carbocycles. The number of nitrogens with one attached hydrogen (secondary N) is 1. The summed E-state index contributed by atoms with van der Waals surface area (Å²) >= 11 is 0. The Hall–Kier alpha value is -0.530. The normalized spacial score (nSPS) is 15.5. The third-order valence-electron chi connectivity index (χ3n) is 2.15. The van der Waals surface area contributed by atoms with Crippen molar-refractivity contribution in [2.24, 2.45) is 5.92 Å². The lowest BCUT2D eigenvalue weighted by Gasteiger charge is -2.21. The van der Waals surface area contributed by atoms with Crippen LogP contribution in [0.15, 0.2) is 0 Å². The Bertz CT molecular complexity index is 104. The molecule has 0 saturated carbocycles. The van der Waals surface area contributed by atoms with Crippen LogP contribution in [0.25, 0.3) is 0 Å². The molecule has 0 rings (SSSR count). The van der Waals surface area contributed by atoms with Gasteiger partial charge in [0, 0.05) is 6.04 Å². The van der Waals surface area contributed by atoms with Gasteiger partial charge in [0.2, 0.25) is 6.41 Å². The number of amides is 1. The van der Waals surface area contributed by atoms with Crippen LogP contribution in [0.1, 0.15) is 40.0 Å². The minimum absolute atomic E-state index is 0.368. The lowest BCUT2D eigenvalue weighted by Crippen LogP contribution is -2.33. The molecule has 2 atom stereocenters. The monoisotopic (exact) mass is 157 g/mol. The lowest BCUT2D eigenvalue weighted by atomic mass is 9.95. The molecule has 0 bridgehead atoms. The van der Waals surface area contributed by atoms with Gasteiger partial charge < -0.3 is 5.32 Å². The van der Waals surface area contributed by atoms with Crippen molar-refractivity contribution in [2.45, 2.75) is 46.1 Å². The van der Waals surface area contributed by atoms with E-state index >= 15 is 0 Å². The third-order valence-corrected chi connectivity index (χ3v) is 2.15. The van der Waals surface area contributed by atoms with E-state index in [-0.39, 0.29) is 0 Å². The van der Waals surface area contributed by atoms with Gasteiger partial charge in [-0.05, 0) is 18.8 Å². The summed E-state index contributed by atoms with van der Waals surface area (Å²) < 4.78 is 0. The van der Waals surface area contributed by atoms with Crippen molar-refractivity contribution in [1.29, 1.82) is 0 Å². The second-order valence-electron chi connectivity index (χ2n) is 3.07. The second kappa shape index (κ2) is 6.20. The number of hydrogen-bond acceptors (Lipinski definition) is 1. The number of rotatable bonds is 6. The molecule has 1 amide bonds. The van der Waals surface area contributed by atoms with E-state index in [9.17, 15) is 4.79 Å². The summed E-state index contributed by atoms with van der Waals surface area (Å²) in [7, 11) is 0. The molecule has 11 heavy (non-hydrogen) atoms. The van der Waals surface area contributed by atoms with Crippen LogP contribution in [-0.4, -0.2) is 12.5 Å². The molecule has 66 valence electrons. The SMILES string of the molecule is CCCC(C)C(CC)NC=O. The van der Waals surface area contributed by atoms with Crippen molar-refractivity contribution in [3.05, 3.63) is 0 Å². The van der Waals surface area contributed by atoms with Crippen molar-refractivity contribution < 1.29 is 4.79 Å². The molecule has 0 saturated heterocycles. The van der Waals surface area contributed by atoms with Crippen LogP contribution < -0.4 is 5.32 Å². The van der Waals surface area contributed by atoms with Gasteiger partial charge in [0.25, 0.3) is 0 Å². The van der Waals surface area contributed by atoms with E-state index in [1.165, 1.54) is 12.8 Å². The zero-order valence-electron chi connectivity index (χ0n) is 7.76. The van der Waals surface area contributed by atoms with Crippen LogP contribution in [0.5, 0.6) is 0 Å². The molecular formula is C9H19NO. The number of carbonyl (C=O) groups excluding carboxylic acids is 1. The van der Waals surface area contributed by atoms with E-state index in [0.29, 0.717) is 12.0 Å². The van der Waals surface area contributed by atoms with Crippen LogP contribution in [0.2, 0.25) is 0 Å². The van der Waals surface area contributed by atoms with E-state index in [1.807, 2.05) is 0 Å². The Balaban J connectivity index is 3.70. The first kappa shape index (κ1) is 10.5. The molecule has 0 aliphatic carbocycles. The van der Waals surface area contributed by atoms with Crippen LogP contribution in [0.4, 0.5) is 0 Å². The first-order chi connectivity index (χ1) is 5.26. The Morgan fingerprint density at radius 3 is 2.45 bits per heavy atom. The standard InChI is InChI=1S/C9H19NO/c1-4-6-8(3)9(5-2)10-7-11/h7-9H,4-6H2,1-3H3,(H,10,11). The van der Waals surface area contributed by atoms with Crippen molar-refractivity contribution in [2.75, 3.05) is 0 Å². The molecule has 0 heterocycles. The van der Waals surface area contributed by atoms with E-state index in [0.717, 1.165) is 12.8 Å². The van der Waals surface area contributed by atoms with Gasteiger partial charge >= 0.3 is 0 Å². The van der Waals surface area contributed by atoms with Gasteiger partial charge in [-0.25, -0.2) is 0 Å². The summed E-state index contributed by atoms with van der Waals surface area (Å²) in [5, 5.41) is 2.84. The van der Waals surface area contributed by atoms with E-state index in [4.69, 9.17) is 0 Å². The highest BCUT2D eigenvalue weighted by atomic mass is 16.1. The molecule has 0 aromatic rings. The van der Waals surface area contributed by atoms with Crippen LogP contribution in [0, 0.1) is 5.92 Å². The van der Waals surface area contributed by atoms with Gasteiger partial charge in [0.15, 0.2) is 0 Å². The third kappa shape index (κ3) is 4.02. The van der Waals surface area contributed by atoms with Crippen LogP contribution >= 0.6 is 0 Å². The van der Waals surface area contributed by atoms with Crippen molar-refractivity contribution in [1.82, 2.24) is 5.32 Å². The maximum atomic E-state index is 10.2. The van der Waals surface area contributed by atoms with Gasteiger partial charge in [-0.2, -0.15) is 0 Å². The van der Waals surface area contributed by atoms with E-state index in [1.54, 1.807) is 0 Å². The first-order valence-electron chi connectivity index (χ1n) is 4.45. The molecule has 2 unspecified atom stereocenters. The zero-order valence-corrected chi connectivity index (χ0v) is 7.76. The molecule has 0 fully saturated rings. The van der Waals surface area contributed by atoms with Gasteiger partial charge in [-0.1, -0.05) is 27.2 Å². The summed E-state index contributed by atoms with van der Waals surface area (Å²) in [6.07, 6.45) is 4.22. The Labute approximate surface area is 69.4 Å². The summed E-state index contributed by atoms with van der Waals surface area (Å²) in [5.74, 6) is 0.607. The number of carbonyl (C=O) groups is 1. The Kier molecular flexibility index (Phi) is 5.90. The van der Waals surface area contributed by atoms with Gasteiger partial charge in [0.1, 0.15) is 0 Å². The molecule has 2 nitrogen and oxygen atoms in total. The maximum absolute atomic E-state index is 10.2. The predicted molar refractivity (Wildman–Crippen MR) is 47.4 cm³/mol. The highest BCUT2D eigenvalue weighted by Gasteiger charge is 2.12. The van der Waals surface area contributed by atoms with E-state index < -0.39 is 0 Å². The Morgan fingerprint density at radius 2 is 2.09 bits per heavy atom. The highest BCUT2D eigenvalue weighted by molar-refractivity contribution is 5.46. The van der Waals surface area contributed by atoms with E-state index in [2.05, 4.69) is 26.1 Å². The lowest BCUT2D eigenvalue weighted by molar-refractivity contribution is -0.110. The zero-order chi connectivity index (χ0) is 8.69. The number of hydrogen-bond donors (Lipinski definition) is 1. The van der Waals surface area contributed by atoms with Crippen LogP contribution in [-0.2, 0) is 4.79 Å². The van der Waals surface area contributed by atoms with Crippen molar-refractivity contribution in [3.63, 3.8) is 0 Å². The fourth-order valence-corrected chi connectivity index (χ4v) is 1.43. The Morgan fingerprint density at radius 1 is 1.45 bits per heavy atom. The first-order valence-corrected chi connectivity index (χ1v) is 4.45. The fourth-order valence-electron chi connectivity index (χ4n) is 1.43. The predicted octanol–water partition coefficient (Wildman–Crippen LogP) is 1.95. The summed E-state index contributed by atoms with van der Waals surface area (Å²) in [5.41, 5.74) is 0. The molecule has 0 spiro atoms. The topological polar surface area (TPSA) is 29.1 Å². The molecule has 0 radical (unpaired) electrons. The van der Waals surface area contributed by atoms with Gasteiger partial charge in [-0.15, -0.1) is 0 Å². The molecule has 2 heteroatoms. The minimum atomic E-state index is 0.368. The summed E-state index contributed by atoms with van der Waals surface area (Å²) in [6.45, 7) is 6.46. The smallest absolute Gasteiger partial charge is 0.207 e. The largest absolute Gasteiger partial charge is 0.356 e. The second-order valence-corrected chi connectivity index (χ2v) is 3.07. The molecule has 0 aromatic heterocycles. The molecule has 0 aliphatic rings. The molecular weight excluding hydrogens is 138 g/mol. The fraction of sp³-hybridized carbons (Fsp3) is 0.889. The highest BCUT2D eigenvalue weighted by Crippen LogP contribution is 2.12. The molecule has 0 aliphatic heterocycles. The molecule has 1 N–H and O–H groups in total. The van der Waals surface area contributed by atoms with Gasteiger partial charge in [-0.3, -0.25) is 4.79 Å². The van der Waals surface area contributed by atoms with Crippen molar-refractivity contribution >= 4 is 6.41 Å². The summed E-state index contributed by atoms with van der Waals surface area (Å²) in [4.78, 5) is 10.2.